The van der Waals surface area contributed by atoms with Gasteiger partial charge in [-0.2, -0.15) is 0 Å². The fraction of sp³-hybridized carbons (Fsp3) is 0.429. The average molecular weight is 153 g/mol. The van der Waals surface area contributed by atoms with E-state index in [1.165, 1.54) is 5.01 Å². The van der Waals surface area contributed by atoms with Gasteiger partial charge in [-0.15, -0.1) is 6.58 Å². The van der Waals surface area contributed by atoms with E-state index in [9.17, 15) is 4.79 Å². The molecule has 0 saturated carbocycles. The number of rotatable bonds is 4. The first-order valence-corrected chi connectivity index (χ1v) is 3.48. The van der Waals surface area contributed by atoms with Gasteiger partial charge in [0.2, 0.25) is 6.41 Å². The number of carbonyl (C=O) groups excluding carboxylic acids is 1. The quantitative estimate of drug-likeness (QED) is 0.417. The highest BCUT2D eigenvalue weighted by atomic mass is 16.1. The van der Waals surface area contributed by atoms with Crippen LogP contribution in [-0.4, -0.2) is 42.4 Å². The van der Waals surface area contributed by atoms with Gasteiger partial charge in [0.1, 0.15) is 6.34 Å². The Morgan fingerprint density at radius 1 is 1.82 bits per heavy atom. The summed E-state index contributed by atoms with van der Waals surface area (Å²) in [5.74, 6) is 0. The van der Waals surface area contributed by atoms with Crippen molar-refractivity contribution in [3.05, 3.63) is 12.7 Å². The van der Waals surface area contributed by atoms with Crippen LogP contribution in [0.2, 0.25) is 0 Å². The van der Waals surface area contributed by atoms with Crippen LogP contribution in [0.5, 0.6) is 0 Å². The lowest BCUT2D eigenvalue weighted by Gasteiger charge is -2.25. The molecule has 1 rings (SSSR count). The smallest absolute Gasteiger partial charge is 0.228 e. The molecule has 60 valence electrons. The first-order valence-electron chi connectivity index (χ1n) is 3.48. The molecule has 4 nitrogen and oxygen atoms in total. The van der Waals surface area contributed by atoms with E-state index in [4.69, 9.17) is 0 Å². The Labute approximate surface area is 65.8 Å². The molecule has 1 heterocycles. The Kier molecular flexibility index (Phi) is 2.66. The van der Waals surface area contributed by atoms with Gasteiger partial charge in [-0.1, -0.05) is 6.08 Å². The monoisotopic (exact) mass is 153 g/mol. The van der Waals surface area contributed by atoms with Gasteiger partial charge < -0.3 is 0 Å². The Hall–Kier alpha value is -1.32. The maximum atomic E-state index is 10.5. The van der Waals surface area contributed by atoms with Crippen molar-refractivity contribution in [3.63, 3.8) is 0 Å². The molecule has 1 aliphatic rings. The van der Waals surface area contributed by atoms with E-state index < -0.39 is 0 Å². The molecule has 1 amide bonds. The van der Waals surface area contributed by atoms with Gasteiger partial charge in [0.25, 0.3) is 0 Å². The van der Waals surface area contributed by atoms with Gasteiger partial charge >= 0.3 is 0 Å². The second-order valence-corrected chi connectivity index (χ2v) is 2.20. The van der Waals surface area contributed by atoms with Crippen molar-refractivity contribution in [1.29, 1.82) is 0 Å². The molecular weight excluding hydrogens is 142 g/mol. The minimum atomic E-state index is 0.537. The van der Waals surface area contributed by atoms with Crippen LogP contribution in [0.4, 0.5) is 0 Å². The Balaban J connectivity index is 2.46. The van der Waals surface area contributed by atoms with Crippen LogP contribution in [0.1, 0.15) is 0 Å². The fourth-order valence-corrected chi connectivity index (χ4v) is 0.905. The lowest BCUT2D eigenvalue weighted by molar-refractivity contribution is -0.126. The number of hydrogen-bond donors (Lipinski definition) is 0. The standard InChI is InChI=1S/C7H11N3O/c1-2-4-10(7-11)9-5-3-8-6-9/h2,6-7H,1,3-5H2. The zero-order chi connectivity index (χ0) is 8.10. The maximum absolute atomic E-state index is 10.5. The highest BCUT2D eigenvalue weighted by Gasteiger charge is 2.10. The van der Waals surface area contributed by atoms with E-state index in [-0.39, 0.29) is 0 Å². The maximum Gasteiger partial charge on any atom is 0.228 e. The number of aliphatic imine (C=N–C) groups is 1. The molecule has 0 aromatic heterocycles. The Bertz CT molecular complexity index is 179. The number of hydrazine groups is 1. The molecule has 0 radical (unpaired) electrons. The summed E-state index contributed by atoms with van der Waals surface area (Å²) in [7, 11) is 0. The molecular formula is C7H11N3O. The van der Waals surface area contributed by atoms with Gasteiger partial charge in [0.15, 0.2) is 0 Å². The predicted molar refractivity (Wildman–Crippen MR) is 43.0 cm³/mol. The molecule has 11 heavy (non-hydrogen) atoms. The lowest BCUT2D eigenvalue weighted by atomic mass is 10.6. The summed E-state index contributed by atoms with van der Waals surface area (Å²) in [5.41, 5.74) is 0. The van der Waals surface area contributed by atoms with Crippen LogP contribution in [0.15, 0.2) is 17.6 Å². The zero-order valence-corrected chi connectivity index (χ0v) is 6.31. The van der Waals surface area contributed by atoms with E-state index in [1.54, 1.807) is 17.4 Å². The van der Waals surface area contributed by atoms with Gasteiger partial charge in [-0.3, -0.25) is 19.8 Å². The number of nitrogens with zero attached hydrogens (tertiary/aromatic N) is 3. The summed E-state index contributed by atoms with van der Waals surface area (Å²) in [4.78, 5) is 14.4. The van der Waals surface area contributed by atoms with Crippen molar-refractivity contribution in [2.45, 2.75) is 0 Å². The molecule has 0 aromatic rings. The lowest BCUT2D eigenvalue weighted by Crippen LogP contribution is -2.39. The molecule has 4 heteroatoms. The van der Waals surface area contributed by atoms with Gasteiger partial charge in [-0.05, 0) is 0 Å². The van der Waals surface area contributed by atoms with E-state index >= 15 is 0 Å². The van der Waals surface area contributed by atoms with Crippen molar-refractivity contribution >= 4 is 12.7 Å². The summed E-state index contributed by atoms with van der Waals surface area (Å²) in [5, 5.41) is 3.30. The molecule has 0 atom stereocenters. The third-order valence-electron chi connectivity index (χ3n) is 1.44. The van der Waals surface area contributed by atoms with Crippen molar-refractivity contribution < 1.29 is 4.79 Å². The molecule has 0 fully saturated rings. The van der Waals surface area contributed by atoms with Crippen molar-refractivity contribution in [3.8, 4) is 0 Å². The summed E-state index contributed by atoms with van der Waals surface area (Å²) >= 11 is 0. The third kappa shape index (κ3) is 1.80. The van der Waals surface area contributed by atoms with Crippen LogP contribution in [0, 0.1) is 0 Å². The van der Waals surface area contributed by atoms with Gasteiger partial charge in [0, 0.05) is 0 Å². The molecule has 0 spiro atoms. The van der Waals surface area contributed by atoms with E-state index in [0.29, 0.717) is 6.54 Å². The molecule has 1 aliphatic heterocycles. The minimum Gasteiger partial charge on any atom is -0.277 e. The number of hydrogen-bond acceptors (Lipinski definition) is 3. The summed E-state index contributed by atoms with van der Waals surface area (Å²) in [6.45, 7) is 5.64. The van der Waals surface area contributed by atoms with Crippen LogP contribution in [0.25, 0.3) is 0 Å². The first kappa shape index (κ1) is 7.78. The SMILES string of the molecule is C=CCN(C=O)N1C=NCC1. The van der Waals surface area contributed by atoms with Gasteiger partial charge in [-0.25, -0.2) is 0 Å². The normalized spacial score (nSPS) is 15.1. The minimum absolute atomic E-state index is 0.537. The zero-order valence-electron chi connectivity index (χ0n) is 6.31. The van der Waals surface area contributed by atoms with E-state index in [1.807, 2.05) is 0 Å². The van der Waals surface area contributed by atoms with Crippen molar-refractivity contribution in [2.24, 2.45) is 4.99 Å². The molecule has 0 saturated heterocycles. The predicted octanol–water partition coefficient (Wildman–Crippen LogP) is -0.110. The fourth-order valence-electron chi connectivity index (χ4n) is 0.905. The summed E-state index contributed by atoms with van der Waals surface area (Å²) in [6.07, 6.45) is 4.12. The van der Waals surface area contributed by atoms with Crippen LogP contribution < -0.4 is 0 Å². The third-order valence-corrected chi connectivity index (χ3v) is 1.44. The van der Waals surface area contributed by atoms with Crippen LogP contribution >= 0.6 is 0 Å². The largest absolute Gasteiger partial charge is 0.277 e. The Morgan fingerprint density at radius 2 is 2.64 bits per heavy atom. The van der Waals surface area contributed by atoms with Crippen molar-refractivity contribution in [1.82, 2.24) is 10.0 Å². The van der Waals surface area contributed by atoms with Crippen molar-refractivity contribution in [2.75, 3.05) is 19.6 Å². The van der Waals surface area contributed by atoms with Crippen LogP contribution in [0.3, 0.4) is 0 Å². The highest BCUT2D eigenvalue weighted by molar-refractivity contribution is 5.60. The van der Waals surface area contributed by atoms with Crippen LogP contribution in [-0.2, 0) is 4.79 Å². The topological polar surface area (TPSA) is 35.9 Å². The van der Waals surface area contributed by atoms with E-state index in [2.05, 4.69) is 11.6 Å². The number of amides is 1. The second kappa shape index (κ2) is 3.75. The second-order valence-electron chi connectivity index (χ2n) is 2.20. The molecule has 0 unspecified atom stereocenters. The van der Waals surface area contributed by atoms with E-state index in [0.717, 1.165) is 19.5 Å². The molecule has 0 aliphatic carbocycles. The Morgan fingerprint density at radius 3 is 3.09 bits per heavy atom. The highest BCUT2D eigenvalue weighted by Crippen LogP contribution is 1.97. The summed E-state index contributed by atoms with van der Waals surface area (Å²) < 4.78 is 0. The summed E-state index contributed by atoms with van der Waals surface area (Å²) in [6, 6.07) is 0. The first-order chi connectivity index (χ1) is 5.38. The average Bonchev–Trinajstić information content (AvgIpc) is 2.52. The number of carbonyl (C=O) groups is 1. The molecule has 0 N–H and O–H groups in total. The molecule has 0 bridgehead atoms. The molecule has 0 aromatic carbocycles. The van der Waals surface area contributed by atoms with Gasteiger partial charge in [0.05, 0.1) is 19.6 Å².